The van der Waals surface area contributed by atoms with Gasteiger partial charge in [-0.05, 0) is 37.5 Å². The minimum absolute atomic E-state index is 0.0117. The molecule has 1 amide bonds. The first-order valence-corrected chi connectivity index (χ1v) is 7.48. The molecule has 104 valence electrons. The first-order chi connectivity index (χ1) is 8.88. The molecule has 19 heavy (non-hydrogen) atoms. The van der Waals surface area contributed by atoms with Gasteiger partial charge >= 0.3 is 0 Å². The van der Waals surface area contributed by atoms with Crippen LogP contribution in [0.5, 0.6) is 0 Å². The lowest BCUT2D eigenvalue weighted by atomic mass is 10.2. The van der Waals surface area contributed by atoms with E-state index >= 15 is 0 Å². The Balaban J connectivity index is 2.19. The summed E-state index contributed by atoms with van der Waals surface area (Å²) in [6.07, 6.45) is 1.08. The molecule has 7 heteroatoms. The van der Waals surface area contributed by atoms with Crippen molar-refractivity contribution in [1.29, 1.82) is 0 Å². The second-order valence-electron chi connectivity index (χ2n) is 4.52. The molecule has 1 fully saturated rings. The summed E-state index contributed by atoms with van der Waals surface area (Å²) in [6.45, 7) is 2.22. The molecule has 0 aromatic heterocycles. The fraction of sp³-hybridized carbons (Fsp3) is 0.417. The summed E-state index contributed by atoms with van der Waals surface area (Å²) in [4.78, 5) is 11.9. The normalized spacial score (nSPS) is 19.4. The van der Waals surface area contributed by atoms with E-state index < -0.39 is 16.1 Å². The standard InChI is InChI=1S/C12H16N2O4S/c1-8-4-5-9(7-11(8)19(13,16)17)14-12(15)10-3-2-6-18-10/h4-5,7,10H,2-3,6H2,1H3,(H,14,15)(H2,13,16,17). The Morgan fingerprint density at radius 3 is 2.79 bits per heavy atom. The predicted molar refractivity (Wildman–Crippen MR) is 70.2 cm³/mol. The third kappa shape index (κ3) is 3.31. The van der Waals surface area contributed by atoms with Gasteiger partial charge in [-0.3, -0.25) is 4.79 Å². The van der Waals surface area contributed by atoms with Crippen LogP contribution in [0, 0.1) is 6.92 Å². The molecule has 1 aliphatic rings. The Kier molecular flexibility index (Phi) is 3.88. The summed E-state index contributed by atoms with van der Waals surface area (Å²) >= 11 is 0. The number of carbonyl (C=O) groups is 1. The van der Waals surface area contributed by atoms with Crippen molar-refractivity contribution in [2.75, 3.05) is 11.9 Å². The lowest BCUT2D eigenvalue weighted by Crippen LogP contribution is -2.27. The van der Waals surface area contributed by atoms with Crippen molar-refractivity contribution >= 4 is 21.6 Å². The monoisotopic (exact) mass is 284 g/mol. The van der Waals surface area contributed by atoms with Gasteiger partial charge in [0, 0.05) is 12.3 Å². The van der Waals surface area contributed by atoms with E-state index in [1.807, 2.05) is 0 Å². The molecule has 2 rings (SSSR count). The van der Waals surface area contributed by atoms with E-state index in [0.717, 1.165) is 6.42 Å². The Bertz CT molecular complexity index is 592. The average Bonchev–Trinajstić information content (AvgIpc) is 2.83. The lowest BCUT2D eigenvalue weighted by molar-refractivity contribution is -0.124. The summed E-state index contributed by atoms with van der Waals surface area (Å²) < 4.78 is 28.0. The number of primary sulfonamides is 1. The second kappa shape index (κ2) is 5.28. The van der Waals surface area contributed by atoms with Crippen LogP contribution in [0.4, 0.5) is 5.69 Å². The molecule has 1 aromatic rings. The van der Waals surface area contributed by atoms with Crippen LogP contribution in [0.15, 0.2) is 23.1 Å². The largest absolute Gasteiger partial charge is 0.368 e. The van der Waals surface area contributed by atoms with Gasteiger partial charge in [-0.1, -0.05) is 6.07 Å². The Hall–Kier alpha value is -1.44. The quantitative estimate of drug-likeness (QED) is 0.856. The number of amides is 1. The minimum atomic E-state index is -3.79. The summed E-state index contributed by atoms with van der Waals surface area (Å²) in [7, 11) is -3.79. The summed E-state index contributed by atoms with van der Waals surface area (Å²) in [5.41, 5.74) is 0.938. The van der Waals surface area contributed by atoms with E-state index in [0.29, 0.717) is 24.3 Å². The molecule has 0 bridgehead atoms. The van der Waals surface area contributed by atoms with Crippen LogP contribution in [0.25, 0.3) is 0 Å². The number of rotatable bonds is 3. The Morgan fingerprint density at radius 1 is 1.47 bits per heavy atom. The highest BCUT2D eigenvalue weighted by atomic mass is 32.2. The minimum Gasteiger partial charge on any atom is -0.368 e. The fourth-order valence-corrected chi connectivity index (χ4v) is 2.80. The summed E-state index contributed by atoms with van der Waals surface area (Å²) in [5.74, 6) is -0.262. The van der Waals surface area contributed by atoms with E-state index in [1.54, 1.807) is 19.1 Å². The SMILES string of the molecule is Cc1ccc(NC(=O)C2CCCO2)cc1S(N)(=O)=O. The number of hydrogen-bond acceptors (Lipinski definition) is 4. The van der Waals surface area contributed by atoms with Crippen LogP contribution in [-0.2, 0) is 19.6 Å². The Morgan fingerprint density at radius 2 is 2.21 bits per heavy atom. The van der Waals surface area contributed by atoms with Crippen LogP contribution in [-0.4, -0.2) is 27.0 Å². The molecule has 3 N–H and O–H groups in total. The molecule has 1 aromatic carbocycles. The van der Waals surface area contributed by atoms with Crippen molar-refractivity contribution in [3.05, 3.63) is 23.8 Å². The number of hydrogen-bond donors (Lipinski definition) is 2. The molecule has 1 unspecified atom stereocenters. The van der Waals surface area contributed by atoms with Gasteiger partial charge in [-0.2, -0.15) is 0 Å². The zero-order valence-electron chi connectivity index (χ0n) is 10.5. The van der Waals surface area contributed by atoms with E-state index in [1.165, 1.54) is 6.07 Å². The smallest absolute Gasteiger partial charge is 0.253 e. The maximum Gasteiger partial charge on any atom is 0.253 e. The highest BCUT2D eigenvalue weighted by Gasteiger charge is 2.24. The topological polar surface area (TPSA) is 98.5 Å². The molecule has 0 radical (unpaired) electrons. The fourth-order valence-electron chi connectivity index (χ4n) is 1.99. The third-order valence-corrected chi connectivity index (χ3v) is 4.04. The van der Waals surface area contributed by atoms with Gasteiger partial charge < -0.3 is 10.1 Å². The van der Waals surface area contributed by atoms with Gasteiger partial charge in [0.05, 0.1) is 4.90 Å². The molecule has 1 aliphatic heterocycles. The number of benzene rings is 1. The maximum atomic E-state index is 11.8. The van der Waals surface area contributed by atoms with Gasteiger partial charge in [0.15, 0.2) is 0 Å². The highest BCUT2D eigenvalue weighted by Crippen LogP contribution is 2.20. The van der Waals surface area contributed by atoms with E-state index in [-0.39, 0.29) is 10.8 Å². The molecule has 1 saturated heterocycles. The van der Waals surface area contributed by atoms with E-state index in [9.17, 15) is 13.2 Å². The van der Waals surface area contributed by atoms with Crippen molar-refractivity contribution in [2.24, 2.45) is 5.14 Å². The lowest BCUT2D eigenvalue weighted by Gasteiger charge is -2.12. The molecule has 1 heterocycles. The predicted octanol–water partition coefficient (Wildman–Crippen LogP) is 0.760. The van der Waals surface area contributed by atoms with E-state index in [2.05, 4.69) is 5.32 Å². The number of aryl methyl sites for hydroxylation is 1. The maximum absolute atomic E-state index is 11.8. The van der Waals surface area contributed by atoms with Crippen LogP contribution in [0.1, 0.15) is 18.4 Å². The second-order valence-corrected chi connectivity index (χ2v) is 6.05. The molecule has 1 atom stereocenters. The van der Waals surface area contributed by atoms with Gasteiger partial charge in [0.25, 0.3) is 5.91 Å². The van der Waals surface area contributed by atoms with Crippen molar-refractivity contribution < 1.29 is 17.9 Å². The van der Waals surface area contributed by atoms with Gasteiger partial charge in [0.1, 0.15) is 6.10 Å². The molecule has 0 aliphatic carbocycles. The number of sulfonamides is 1. The molecule has 6 nitrogen and oxygen atoms in total. The van der Waals surface area contributed by atoms with Crippen LogP contribution in [0.3, 0.4) is 0 Å². The van der Waals surface area contributed by atoms with Crippen LogP contribution in [0.2, 0.25) is 0 Å². The van der Waals surface area contributed by atoms with Gasteiger partial charge in [0.2, 0.25) is 10.0 Å². The number of nitrogens with two attached hydrogens (primary N) is 1. The summed E-state index contributed by atoms with van der Waals surface area (Å²) in [6, 6.07) is 4.60. The van der Waals surface area contributed by atoms with E-state index in [4.69, 9.17) is 9.88 Å². The van der Waals surface area contributed by atoms with Crippen molar-refractivity contribution in [2.45, 2.75) is 30.8 Å². The summed E-state index contributed by atoms with van der Waals surface area (Å²) in [5, 5.41) is 7.75. The molecule has 0 spiro atoms. The molecule has 0 saturated carbocycles. The highest BCUT2D eigenvalue weighted by molar-refractivity contribution is 7.89. The van der Waals surface area contributed by atoms with Crippen LogP contribution < -0.4 is 10.5 Å². The van der Waals surface area contributed by atoms with Crippen molar-refractivity contribution in [3.8, 4) is 0 Å². The van der Waals surface area contributed by atoms with Gasteiger partial charge in [-0.15, -0.1) is 0 Å². The van der Waals surface area contributed by atoms with Crippen LogP contribution >= 0.6 is 0 Å². The third-order valence-electron chi connectivity index (χ3n) is 2.98. The average molecular weight is 284 g/mol. The van der Waals surface area contributed by atoms with Crippen molar-refractivity contribution in [1.82, 2.24) is 0 Å². The zero-order chi connectivity index (χ0) is 14.0. The number of nitrogens with one attached hydrogen (secondary N) is 1. The van der Waals surface area contributed by atoms with Crippen molar-refractivity contribution in [3.63, 3.8) is 0 Å². The number of ether oxygens (including phenoxy) is 1. The van der Waals surface area contributed by atoms with Gasteiger partial charge in [-0.25, -0.2) is 13.6 Å². The zero-order valence-corrected chi connectivity index (χ0v) is 11.4. The molecular weight excluding hydrogens is 268 g/mol. The Labute approximate surface area is 112 Å². The number of anilines is 1. The number of carbonyl (C=O) groups excluding carboxylic acids is 1. The first-order valence-electron chi connectivity index (χ1n) is 5.94. The molecular formula is C12H16N2O4S. The first kappa shape index (κ1) is 14.0.